The number of rotatable bonds is 7. The molecule has 3 aromatic heterocycles. The molecule has 2 saturated carbocycles. The number of carbonyl (C=O) groups excluding carboxylic acids is 3. The molecule has 1 aromatic carbocycles. The van der Waals surface area contributed by atoms with Crippen molar-refractivity contribution in [1.29, 1.82) is 0 Å². The summed E-state index contributed by atoms with van der Waals surface area (Å²) < 4.78 is 36.3. The summed E-state index contributed by atoms with van der Waals surface area (Å²) in [4.78, 5) is 58.3. The fourth-order valence-corrected chi connectivity index (χ4v) is 9.99. The fraction of sp³-hybridized carbons (Fsp3) is 0.538. The summed E-state index contributed by atoms with van der Waals surface area (Å²) in [6.45, 7) is 5.93. The number of aromatic nitrogens is 4. The quantitative estimate of drug-likeness (QED) is 0.231. The second-order valence-electron chi connectivity index (χ2n) is 15.9. The van der Waals surface area contributed by atoms with Gasteiger partial charge < -0.3 is 19.5 Å². The fourth-order valence-electron chi connectivity index (χ4n) is 7.77. The van der Waals surface area contributed by atoms with Gasteiger partial charge in [-0.1, -0.05) is 57.0 Å². The molecule has 3 fully saturated rings. The van der Waals surface area contributed by atoms with Crippen molar-refractivity contribution in [2.45, 2.75) is 113 Å². The lowest BCUT2D eigenvalue weighted by Crippen LogP contribution is -2.57. The maximum absolute atomic E-state index is 14.3. The highest BCUT2D eigenvalue weighted by atomic mass is 32.2. The van der Waals surface area contributed by atoms with E-state index in [9.17, 15) is 22.8 Å². The van der Waals surface area contributed by atoms with Crippen molar-refractivity contribution in [2.75, 3.05) is 6.54 Å². The molecule has 1 saturated heterocycles. The van der Waals surface area contributed by atoms with Gasteiger partial charge in [0.25, 0.3) is 5.91 Å². The van der Waals surface area contributed by atoms with Crippen molar-refractivity contribution in [2.24, 2.45) is 13.0 Å². The minimum Gasteiger partial charge on any atom is -0.471 e. The van der Waals surface area contributed by atoms with Crippen LogP contribution in [0.15, 0.2) is 41.8 Å². The second kappa shape index (κ2) is 13.7. The van der Waals surface area contributed by atoms with E-state index in [1.165, 1.54) is 11.3 Å². The SMILES string of the molecule is CC(C)c1csc(-c2nc(O[C@@H]3C[C@H]4C(=O)N[C@]5(C(=O)NS(=O)(=O)C6(C)CC6)C[C@H]5/C=C\CCCCCCC(=O)N4C3)c3c(n2)c2ccccc2n3C)n1. The van der Waals surface area contributed by atoms with Gasteiger partial charge >= 0.3 is 0 Å². The van der Waals surface area contributed by atoms with Gasteiger partial charge in [0.15, 0.2) is 10.8 Å². The molecule has 54 heavy (non-hydrogen) atoms. The molecule has 4 aliphatic rings. The van der Waals surface area contributed by atoms with E-state index in [0.717, 1.165) is 42.3 Å². The minimum absolute atomic E-state index is 0.145. The molecular formula is C39H47N7O6S2. The Morgan fingerprint density at radius 2 is 1.87 bits per heavy atom. The summed E-state index contributed by atoms with van der Waals surface area (Å²) in [5, 5.41) is 6.57. The summed E-state index contributed by atoms with van der Waals surface area (Å²) >= 11 is 1.47. The number of aryl methyl sites for hydroxylation is 1. The zero-order chi connectivity index (χ0) is 38.0. The molecule has 5 heterocycles. The number of sulfonamides is 1. The first-order valence-corrected chi connectivity index (χ1v) is 21.4. The molecule has 0 bridgehead atoms. The Balaban J connectivity index is 1.12. The van der Waals surface area contributed by atoms with E-state index in [1.807, 2.05) is 53.4 Å². The van der Waals surface area contributed by atoms with Crippen LogP contribution >= 0.6 is 11.3 Å². The summed E-state index contributed by atoms with van der Waals surface area (Å²) in [5.74, 6) is -0.772. The van der Waals surface area contributed by atoms with E-state index in [-0.39, 0.29) is 43.6 Å². The summed E-state index contributed by atoms with van der Waals surface area (Å²) in [5.41, 5.74) is 1.87. The van der Waals surface area contributed by atoms with Crippen LogP contribution in [0.4, 0.5) is 0 Å². The number of carbonyl (C=O) groups is 3. The first-order valence-electron chi connectivity index (χ1n) is 19.0. The summed E-state index contributed by atoms with van der Waals surface area (Å²) in [6.07, 6.45) is 9.25. The number of benzene rings is 1. The predicted octanol–water partition coefficient (Wildman–Crippen LogP) is 5.50. The molecule has 13 nitrogen and oxygen atoms in total. The van der Waals surface area contributed by atoms with Crippen LogP contribution in [0.25, 0.3) is 32.8 Å². The van der Waals surface area contributed by atoms with Crippen LogP contribution in [0.3, 0.4) is 0 Å². The van der Waals surface area contributed by atoms with Crippen LogP contribution in [0.5, 0.6) is 5.88 Å². The van der Waals surface area contributed by atoms with Crippen molar-refractivity contribution < 1.29 is 27.5 Å². The van der Waals surface area contributed by atoms with Gasteiger partial charge in [-0.25, -0.2) is 18.4 Å². The molecule has 2 aliphatic carbocycles. The largest absolute Gasteiger partial charge is 0.471 e. The number of hydrogen-bond acceptors (Lipinski definition) is 10. The van der Waals surface area contributed by atoms with Crippen molar-refractivity contribution in [3.8, 4) is 16.7 Å². The lowest BCUT2D eigenvalue weighted by Gasteiger charge is -2.27. The standard InChI is InChI=1S/C39H47N7O6S2/c1-23(2)27-22-53-36(40-27)33-41-31-26-14-11-12-15-28(26)45(4)32(31)35(42-33)52-25-19-29-34(48)43-39(37(49)44-54(50,51)38(3)17-18-38)20-24(39)13-9-7-5-6-8-10-16-30(47)46(29)21-25/h9,11-15,22-25,29H,5-8,10,16-21H2,1-4H3,(H,43,48)(H,44,49)/b13-9-/t24-,25-,29+,39-/m1/s1. The summed E-state index contributed by atoms with van der Waals surface area (Å²) in [6, 6.07) is 7.02. The first kappa shape index (κ1) is 36.6. The predicted molar refractivity (Wildman–Crippen MR) is 206 cm³/mol. The highest BCUT2D eigenvalue weighted by molar-refractivity contribution is 7.91. The monoisotopic (exact) mass is 773 g/mol. The van der Waals surface area contributed by atoms with Crippen LogP contribution in [0.2, 0.25) is 0 Å². The van der Waals surface area contributed by atoms with E-state index in [4.69, 9.17) is 19.7 Å². The van der Waals surface area contributed by atoms with Gasteiger partial charge in [0.2, 0.25) is 27.7 Å². The maximum Gasteiger partial charge on any atom is 0.259 e. The topological polar surface area (TPSA) is 165 Å². The average Bonchev–Trinajstić information content (AvgIpc) is 3.84. The number of nitrogens with zero attached hydrogens (tertiary/aromatic N) is 5. The third-order valence-electron chi connectivity index (χ3n) is 11.7. The highest BCUT2D eigenvalue weighted by Gasteiger charge is 2.63. The van der Waals surface area contributed by atoms with E-state index in [2.05, 4.69) is 23.9 Å². The smallest absolute Gasteiger partial charge is 0.259 e. The van der Waals surface area contributed by atoms with Gasteiger partial charge in [0, 0.05) is 36.6 Å². The zero-order valence-electron chi connectivity index (χ0n) is 31.1. The number of ether oxygens (including phenoxy) is 1. The Morgan fingerprint density at radius 1 is 1.09 bits per heavy atom. The molecule has 2 N–H and O–H groups in total. The minimum atomic E-state index is -3.94. The number of amides is 3. The van der Waals surface area contributed by atoms with E-state index in [0.29, 0.717) is 47.0 Å². The first-order chi connectivity index (χ1) is 25.8. The Labute approximate surface area is 319 Å². The van der Waals surface area contributed by atoms with Crippen molar-refractivity contribution in [3.63, 3.8) is 0 Å². The molecule has 0 radical (unpaired) electrons. The summed E-state index contributed by atoms with van der Waals surface area (Å²) in [7, 11) is -2.00. The molecule has 3 amide bonds. The molecular weight excluding hydrogens is 727 g/mol. The molecule has 15 heteroatoms. The zero-order valence-corrected chi connectivity index (χ0v) is 32.8. The Hall–Kier alpha value is -4.37. The van der Waals surface area contributed by atoms with Crippen molar-refractivity contribution >= 4 is 61.0 Å². The third-order valence-corrected chi connectivity index (χ3v) is 14.7. The van der Waals surface area contributed by atoms with Crippen LogP contribution in [-0.4, -0.2) is 79.5 Å². The normalized spacial score (nSPS) is 26.5. The van der Waals surface area contributed by atoms with Gasteiger partial charge in [-0.15, -0.1) is 11.3 Å². The van der Waals surface area contributed by atoms with Crippen LogP contribution in [-0.2, 0) is 31.5 Å². The van der Waals surface area contributed by atoms with E-state index in [1.54, 1.807) is 11.8 Å². The van der Waals surface area contributed by atoms with Crippen LogP contribution < -0.4 is 14.8 Å². The van der Waals surface area contributed by atoms with Gasteiger partial charge in [0.05, 0.1) is 22.5 Å². The number of hydrogen-bond donors (Lipinski definition) is 2. The van der Waals surface area contributed by atoms with Gasteiger partial charge in [-0.3, -0.25) is 19.1 Å². The van der Waals surface area contributed by atoms with E-state index < -0.39 is 44.3 Å². The van der Waals surface area contributed by atoms with E-state index >= 15 is 0 Å². The Bertz CT molecular complexity index is 2290. The lowest BCUT2D eigenvalue weighted by atomic mass is 10.1. The van der Waals surface area contributed by atoms with Crippen LogP contribution in [0.1, 0.15) is 96.6 Å². The molecule has 2 aliphatic heterocycles. The number of para-hydroxylation sites is 1. The number of fused-ring (bicyclic) bond motifs is 5. The number of nitrogens with one attached hydrogen (secondary N) is 2. The van der Waals surface area contributed by atoms with Crippen molar-refractivity contribution in [1.82, 2.24) is 34.5 Å². The third kappa shape index (κ3) is 6.56. The lowest BCUT2D eigenvalue weighted by molar-refractivity contribution is -0.139. The second-order valence-corrected chi connectivity index (χ2v) is 19.0. The van der Waals surface area contributed by atoms with Gasteiger partial charge in [-0.2, -0.15) is 4.98 Å². The molecule has 4 atom stereocenters. The Morgan fingerprint density at radius 3 is 2.63 bits per heavy atom. The highest BCUT2D eigenvalue weighted by Crippen LogP contribution is 2.47. The molecule has 286 valence electrons. The van der Waals surface area contributed by atoms with Gasteiger partial charge in [-0.05, 0) is 57.4 Å². The van der Waals surface area contributed by atoms with Crippen molar-refractivity contribution in [3.05, 3.63) is 47.5 Å². The maximum atomic E-state index is 14.3. The Kier molecular flexibility index (Phi) is 9.31. The number of allylic oxidation sites excluding steroid dienone is 1. The van der Waals surface area contributed by atoms with Crippen LogP contribution in [0, 0.1) is 5.92 Å². The number of thiazole rings is 1. The van der Waals surface area contributed by atoms with Gasteiger partial charge in [0.1, 0.15) is 28.7 Å². The molecule has 0 spiro atoms. The average molecular weight is 774 g/mol. The molecule has 0 unspecified atom stereocenters. The molecule has 8 rings (SSSR count). The molecule has 4 aromatic rings.